The topological polar surface area (TPSA) is 105 Å². The lowest BCUT2D eigenvalue weighted by atomic mass is 10.0. The van der Waals surface area contributed by atoms with E-state index in [9.17, 15) is 19.4 Å². The van der Waals surface area contributed by atoms with Crippen LogP contribution in [0.25, 0.3) is 0 Å². The highest BCUT2D eigenvalue weighted by Crippen LogP contribution is 2.43. The molecule has 0 aromatic rings. The van der Waals surface area contributed by atoms with Gasteiger partial charge in [0.1, 0.15) is 13.2 Å². The third kappa shape index (κ3) is 35.9. The average Bonchev–Trinajstić information content (AvgIpc) is 3.06. The van der Waals surface area contributed by atoms with Crippen molar-refractivity contribution in [1.29, 1.82) is 0 Å². The molecule has 0 saturated carbocycles. The van der Waals surface area contributed by atoms with Crippen molar-refractivity contribution in [3.05, 3.63) is 0 Å². The predicted molar refractivity (Wildman–Crippen MR) is 212 cm³/mol. The first-order valence-corrected chi connectivity index (χ1v) is 22.9. The van der Waals surface area contributed by atoms with Crippen LogP contribution in [0.3, 0.4) is 0 Å². The van der Waals surface area contributed by atoms with Gasteiger partial charge in [-0.15, -0.1) is 0 Å². The minimum Gasteiger partial charge on any atom is -0.391 e. The van der Waals surface area contributed by atoms with Gasteiger partial charge in [-0.2, -0.15) is 0 Å². The van der Waals surface area contributed by atoms with E-state index >= 15 is 0 Å². The first-order chi connectivity index (χ1) is 24.0. The van der Waals surface area contributed by atoms with E-state index in [1.165, 1.54) is 141 Å². The summed E-state index contributed by atoms with van der Waals surface area (Å²) in [5.41, 5.74) is 0. The number of amides is 1. The summed E-state index contributed by atoms with van der Waals surface area (Å²) in [6.45, 7) is 4.89. The first-order valence-electron chi connectivity index (χ1n) is 21.4. The zero-order valence-corrected chi connectivity index (χ0v) is 34.8. The summed E-state index contributed by atoms with van der Waals surface area (Å²) in [4.78, 5) is 23.1. The summed E-state index contributed by atoms with van der Waals surface area (Å²) in [6.07, 6.45) is 35.5. The molecule has 1 amide bonds. The molecule has 0 aliphatic rings. The van der Waals surface area contributed by atoms with E-state index in [1.54, 1.807) is 0 Å². The van der Waals surface area contributed by atoms with Gasteiger partial charge in [-0.1, -0.05) is 187 Å². The van der Waals surface area contributed by atoms with Crippen molar-refractivity contribution >= 4 is 13.7 Å². The number of hydrogen-bond donors (Lipinski definition) is 3. The van der Waals surface area contributed by atoms with Crippen LogP contribution in [0.15, 0.2) is 0 Å². The van der Waals surface area contributed by atoms with Crippen LogP contribution in [0, 0.1) is 0 Å². The third-order valence-electron chi connectivity index (χ3n) is 9.86. The van der Waals surface area contributed by atoms with Crippen LogP contribution in [0.4, 0.5) is 0 Å². The number of rotatable bonds is 39. The number of aliphatic hydroxyl groups excluding tert-OH is 1. The molecular formula is C41H86N2O6P+. The number of unbranched alkanes of at least 4 members (excludes halogenated alkanes) is 26. The van der Waals surface area contributed by atoms with Gasteiger partial charge >= 0.3 is 7.82 Å². The molecule has 0 aliphatic carbocycles. The van der Waals surface area contributed by atoms with E-state index in [-0.39, 0.29) is 19.1 Å². The molecule has 0 saturated heterocycles. The molecule has 0 aliphatic heterocycles. The van der Waals surface area contributed by atoms with Crippen molar-refractivity contribution in [1.82, 2.24) is 5.32 Å². The third-order valence-corrected chi connectivity index (χ3v) is 10.8. The molecule has 0 rings (SSSR count). The van der Waals surface area contributed by atoms with E-state index in [0.29, 0.717) is 23.9 Å². The molecule has 50 heavy (non-hydrogen) atoms. The smallest absolute Gasteiger partial charge is 0.391 e. The second kappa shape index (κ2) is 34.3. The molecule has 3 atom stereocenters. The van der Waals surface area contributed by atoms with Crippen LogP contribution >= 0.6 is 7.82 Å². The van der Waals surface area contributed by atoms with E-state index in [0.717, 1.165) is 38.5 Å². The highest BCUT2D eigenvalue weighted by molar-refractivity contribution is 7.47. The van der Waals surface area contributed by atoms with Gasteiger partial charge in [-0.25, -0.2) is 4.57 Å². The average molecular weight is 734 g/mol. The highest BCUT2D eigenvalue weighted by atomic mass is 31.2. The van der Waals surface area contributed by atoms with Crippen molar-refractivity contribution < 1.29 is 32.9 Å². The van der Waals surface area contributed by atoms with Gasteiger partial charge < -0.3 is 19.8 Å². The Morgan fingerprint density at radius 3 is 1.34 bits per heavy atom. The molecule has 0 heterocycles. The number of hydrogen-bond acceptors (Lipinski definition) is 5. The SMILES string of the molecule is CCCCCCCCCCCCCCCCCCCC(=O)NC(COP(=O)(O)OCC[N+](C)(C)C)C(O)CCCCCCCCCCCCC. The maximum absolute atomic E-state index is 12.8. The minimum atomic E-state index is -4.30. The van der Waals surface area contributed by atoms with E-state index < -0.39 is 20.0 Å². The lowest BCUT2D eigenvalue weighted by Crippen LogP contribution is -2.46. The zero-order valence-electron chi connectivity index (χ0n) is 33.9. The van der Waals surface area contributed by atoms with Gasteiger partial charge in [0.25, 0.3) is 0 Å². The highest BCUT2D eigenvalue weighted by Gasteiger charge is 2.28. The summed E-state index contributed by atoms with van der Waals surface area (Å²) in [5, 5.41) is 13.9. The molecule has 9 heteroatoms. The number of carbonyl (C=O) groups is 1. The van der Waals surface area contributed by atoms with Crippen molar-refractivity contribution in [2.45, 2.75) is 219 Å². The molecule has 0 aromatic heterocycles. The lowest BCUT2D eigenvalue weighted by Gasteiger charge is -2.26. The molecule has 0 fully saturated rings. The first kappa shape index (κ1) is 49.5. The fraction of sp³-hybridized carbons (Fsp3) is 0.976. The lowest BCUT2D eigenvalue weighted by molar-refractivity contribution is -0.870. The summed E-state index contributed by atoms with van der Waals surface area (Å²) in [7, 11) is 1.63. The maximum Gasteiger partial charge on any atom is 0.472 e. The number of phosphoric ester groups is 1. The van der Waals surface area contributed by atoms with Crippen molar-refractivity contribution in [3.8, 4) is 0 Å². The number of nitrogens with one attached hydrogen (secondary N) is 1. The normalized spacial score (nSPS) is 14.5. The number of quaternary nitrogens is 1. The second-order valence-electron chi connectivity index (χ2n) is 16.1. The number of likely N-dealkylation sites (N-methyl/N-ethyl adjacent to an activating group) is 1. The Hall–Kier alpha value is -0.500. The van der Waals surface area contributed by atoms with Gasteiger partial charge in [0.15, 0.2) is 0 Å². The van der Waals surface area contributed by atoms with Crippen molar-refractivity contribution in [2.75, 3.05) is 40.9 Å². The number of carbonyl (C=O) groups excluding carboxylic acids is 1. The Balaban J connectivity index is 4.31. The molecule has 0 aromatic carbocycles. The molecule has 0 radical (unpaired) electrons. The zero-order chi connectivity index (χ0) is 37.2. The Morgan fingerprint density at radius 1 is 0.600 bits per heavy atom. The molecule has 0 bridgehead atoms. The van der Waals surface area contributed by atoms with Crippen LogP contribution in [0.2, 0.25) is 0 Å². The number of nitrogens with zero attached hydrogens (tertiary/aromatic N) is 1. The Labute approximate surface area is 310 Å². The van der Waals surface area contributed by atoms with E-state index in [4.69, 9.17) is 9.05 Å². The minimum absolute atomic E-state index is 0.0783. The second-order valence-corrected chi connectivity index (χ2v) is 17.5. The maximum atomic E-state index is 12.8. The van der Waals surface area contributed by atoms with Gasteiger partial charge in [-0.3, -0.25) is 13.8 Å². The van der Waals surface area contributed by atoms with Gasteiger partial charge in [0, 0.05) is 6.42 Å². The Bertz CT molecular complexity index is 794. The van der Waals surface area contributed by atoms with Crippen LogP contribution < -0.4 is 5.32 Å². The molecule has 3 unspecified atom stereocenters. The van der Waals surface area contributed by atoms with Gasteiger partial charge in [0.05, 0.1) is 39.9 Å². The van der Waals surface area contributed by atoms with E-state index in [1.807, 2.05) is 21.1 Å². The number of aliphatic hydroxyl groups is 1. The fourth-order valence-corrected chi connectivity index (χ4v) is 7.13. The molecule has 300 valence electrons. The van der Waals surface area contributed by atoms with Crippen LogP contribution in [0.1, 0.15) is 206 Å². The monoisotopic (exact) mass is 734 g/mol. The van der Waals surface area contributed by atoms with Gasteiger partial charge in [-0.05, 0) is 12.8 Å². The van der Waals surface area contributed by atoms with Crippen molar-refractivity contribution in [3.63, 3.8) is 0 Å². The van der Waals surface area contributed by atoms with Crippen LogP contribution in [-0.4, -0.2) is 73.4 Å². The quantitative estimate of drug-likeness (QED) is 0.0330. The van der Waals surface area contributed by atoms with E-state index in [2.05, 4.69) is 19.2 Å². The molecule has 8 nitrogen and oxygen atoms in total. The van der Waals surface area contributed by atoms with Gasteiger partial charge in [0.2, 0.25) is 5.91 Å². The fourth-order valence-electron chi connectivity index (χ4n) is 6.40. The largest absolute Gasteiger partial charge is 0.472 e. The van der Waals surface area contributed by atoms with Crippen molar-refractivity contribution in [2.24, 2.45) is 0 Å². The Morgan fingerprint density at radius 2 is 0.960 bits per heavy atom. The molecule has 3 N–H and O–H groups in total. The molecular weight excluding hydrogens is 647 g/mol. The summed E-state index contributed by atoms with van der Waals surface area (Å²) < 4.78 is 23.6. The van der Waals surface area contributed by atoms with Crippen LogP contribution in [0.5, 0.6) is 0 Å². The summed E-state index contributed by atoms with van der Waals surface area (Å²) in [6, 6.07) is -0.751. The summed E-state index contributed by atoms with van der Waals surface area (Å²) >= 11 is 0. The standard InChI is InChI=1S/C41H85N2O6P/c1-6-8-10-12-14-16-18-19-20-21-22-23-25-27-29-31-33-35-41(45)42-39(38-49-50(46,47)48-37-36-43(3,4)5)40(44)34-32-30-28-26-24-17-15-13-11-9-7-2/h39-40,44H,6-38H2,1-5H3,(H-,42,45,46,47)/p+1. The summed E-state index contributed by atoms with van der Waals surface area (Å²) in [5.74, 6) is -0.142. The van der Waals surface area contributed by atoms with Crippen LogP contribution in [-0.2, 0) is 18.4 Å². The number of phosphoric acid groups is 1. The predicted octanol–water partition coefficient (Wildman–Crippen LogP) is 11.4. The molecule has 0 spiro atoms. The Kier molecular flexibility index (Phi) is 33.9.